The summed E-state index contributed by atoms with van der Waals surface area (Å²) < 4.78 is 34.0. The molecule has 2 aliphatic heterocycles. The van der Waals surface area contributed by atoms with Crippen LogP contribution in [0.5, 0.6) is 0 Å². The summed E-state index contributed by atoms with van der Waals surface area (Å²) in [6.07, 6.45) is 2.83. The number of fused-ring (bicyclic) bond motifs is 2. The van der Waals surface area contributed by atoms with E-state index in [1.807, 2.05) is 30.3 Å². The molecule has 9 heteroatoms. The number of rotatable bonds is 6. The van der Waals surface area contributed by atoms with Gasteiger partial charge in [0.2, 0.25) is 0 Å². The van der Waals surface area contributed by atoms with E-state index in [0.29, 0.717) is 16.6 Å². The molecule has 1 saturated heterocycles. The van der Waals surface area contributed by atoms with Crippen LogP contribution in [0.25, 0.3) is 10.9 Å². The molecule has 0 saturated carbocycles. The SMILES string of the molecule is C=CCC1=C2[C@H](CCN2C(=O)OCc2ccccc2)N(S(=O)(=O)c2cccc3cccnc23)C1=O. The Kier molecular flexibility index (Phi) is 5.86. The van der Waals surface area contributed by atoms with Gasteiger partial charge in [-0.3, -0.25) is 14.7 Å². The molecule has 0 bridgehead atoms. The molecular formula is C26H23N3O5S. The number of hydrogen-bond acceptors (Lipinski definition) is 6. The topological polar surface area (TPSA) is 96.9 Å². The number of allylic oxidation sites excluding steroid dienone is 1. The van der Waals surface area contributed by atoms with Crippen LogP contribution in [0.15, 0.2) is 95.7 Å². The summed E-state index contributed by atoms with van der Waals surface area (Å²) in [7, 11) is -4.26. The predicted molar refractivity (Wildman–Crippen MR) is 129 cm³/mol. The van der Waals surface area contributed by atoms with Gasteiger partial charge < -0.3 is 4.74 Å². The van der Waals surface area contributed by atoms with Gasteiger partial charge in [-0.05, 0) is 30.5 Å². The molecule has 2 aromatic carbocycles. The first-order valence-corrected chi connectivity index (χ1v) is 12.6. The number of likely N-dealkylation sites (tertiary alicyclic amines) is 1. The van der Waals surface area contributed by atoms with Crippen molar-refractivity contribution in [1.82, 2.24) is 14.2 Å². The quantitative estimate of drug-likeness (QED) is 0.486. The molecule has 0 spiro atoms. The smallest absolute Gasteiger partial charge is 0.414 e. The number of nitrogens with zero attached hydrogens (tertiary/aromatic N) is 3. The van der Waals surface area contributed by atoms with Crippen LogP contribution in [-0.4, -0.2) is 47.2 Å². The highest BCUT2D eigenvalue weighted by Gasteiger charge is 2.52. The minimum Gasteiger partial charge on any atom is -0.444 e. The number of amides is 2. The van der Waals surface area contributed by atoms with Crippen LogP contribution >= 0.6 is 0 Å². The molecule has 1 fully saturated rings. The zero-order valence-electron chi connectivity index (χ0n) is 18.8. The molecule has 2 amide bonds. The third kappa shape index (κ3) is 3.87. The van der Waals surface area contributed by atoms with E-state index in [1.165, 1.54) is 23.2 Å². The number of hydrogen-bond donors (Lipinski definition) is 0. The second-order valence-electron chi connectivity index (χ2n) is 8.29. The highest BCUT2D eigenvalue weighted by molar-refractivity contribution is 7.90. The van der Waals surface area contributed by atoms with Gasteiger partial charge in [-0.1, -0.05) is 54.6 Å². The standard InChI is InChI=1S/C26H23N3O5S/c1-2-8-20-24-21(14-16-28(24)26(31)34-17-18-9-4-3-5-10-18)29(25(20)30)35(32,33)22-13-6-11-19-12-7-15-27-23(19)22/h2-7,9-13,15,21H,1,8,14,16-17H2/t21-/m0/s1. The van der Waals surface area contributed by atoms with Gasteiger partial charge in [0.15, 0.2) is 0 Å². The van der Waals surface area contributed by atoms with Crippen molar-refractivity contribution in [3.8, 4) is 0 Å². The highest BCUT2D eigenvalue weighted by atomic mass is 32.2. The zero-order chi connectivity index (χ0) is 24.6. The first-order valence-electron chi connectivity index (χ1n) is 11.2. The lowest BCUT2D eigenvalue weighted by Gasteiger charge is -2.23. The summed E-state index contributed by atoms with van der Waals surface area (Å²) in [6, 6.07) is 16.8. The third-order valence-corrected chi connectivity index (χ3v) is 8.01. The normalized spacial score (nSPS) is 17.7. The lowest BCUT2D eigenvalue weighted by Crippen LogP contribution is -2.40. The number of pyridine rings is 1. The molecular weight excluding hydrogens is 466 g/mol. The summed E-state index contributed by atoms with van der Waals surface area (Å²) in [6.45, 7) is 4.02. The van der Waals surface area contributed by atoms with E-state index in [-0.39, 0.29) is 36.5 Å². The number of carbonyl (C=O) groups is 2. The maximum Gasteiger partial charge on any atom is 0.414 e. The number of benzene rings is 2. The lowest BCUT2D eigenvalue weighted by atomic mass is 10.1. The molecule has 3 heterocycles. The van der Waals surface area contributed by atoms with Gasteiger partial charge in [0.1, 0.15) is 11.5 Å². The molecule has 2 aliphatic rings. The van der Waals surface area contributed by atoms with E-state index in [2.05, 4.69) is 11.6 Å². The van der Waals surface area contributed by atoms with Crippen molar-refractivity contribution in [3.63, 3.8) is 0 Å². The van der Waals surface area contributed by atoms with Crippen molar-refractivity contribution < 1.29 is 22.7 Å². The van der Waals surface area contributed by atoms with Crippen molar-refractivity contribution in [2.24, 2.45) is 0 Å². The Hall–Kier alpha value is -3.98. The van der Waals surface area contributed by atoms with E-state index < -0.39 is 28.1 Å². The van der Waals surface area contributed by atoms with Gasteiger partial charge in [-0.2, -0.15) is 0 Å². The molecule has 8 nitrogen and oxygen atoms in total. The van der Waals surface area contributed by atoms with Crippen LogP contribution < -0.4 is 0 Å². The van der Waals surface area contributed by atoms with Crippen LogP contribution in [-0.2, 0) is 26.2 Å². The van der Waals surface area contributed by atoms with Gasteiger partial charge in [-0.15, -0.1) is 6.58 Å². The van der Waals surface area contributed by atoms with Crippen molar-refractivity contribution in [2.45, 2.75) is 30.4 Å². The Bertz CT molecular complexity index is 1460. The van der Waals surface area contributed by atoms with Crippen molar-refractivity contribution in [2.75, 3.05) is 6.54 Å². The maximum absolute atomic E-state index is 13.8. The van der Waals surface area contributed by atoms with Gasteiger partial charge >= 0.3 is 6.09 Å². The Balaban J connectivity index is 1.49. The first kappa shape index (κ1) is 22.8. The Morgan fingerprint density at radius 1 is 1.11 bits per heavy atom. The molecule has 0 aliphatic carbocycles. The van der Waals surface area contributed by atoms with Gasteiger partial charge in [0.25, 0.3) is 15.9 Å². The summed E-state index contributed by atoms with van der Waals surface area (Å²) in [5.41, 5.74) is 1.71. The largest absolute Gasteiger partial charge is 0.444 e. The van der Waals surface area contributed by atoms with Crippen LogP contribution in [0.1, 0.15) is 18.4 Å². The van der Waals surface area contributed by atoms with Crippen LogP contribution in [0, 0.1) is 0 Å². The van der Waals surface area contributed by atoms with Crippen LogP contribution in [0.4, 0.5) is 4.79 Å². The average Bonchev–Trinajstić information content (AvgIpc) is 3.41. The second kappa shape index (κ2) is 8.99. The molecule has 0 unspecified atom stereocenters. The van der Waals surface area contributed by atoms with Crippen LogP contribution in [0.2, 0.25) is 0 Å². The molecule has 35 heavy (non-hydrogen) atoms. The van der Waals surface area contributed by atoms with E-state index in [0.717, 1.165) is 9.87 Å². The molecule has 1 aromatic heterocycles. The fourth-order valence-electron chi connectivity index (χ4n) is 4.65. The number of para-hydroxylation sites is 1. The molecule has 178 valence electrons. The minimum absolute atomic E-state index is 0.0479. The third-order valence-electron chi connectivity index (χ3n) is 6.19. The monoisotopic (exact) mass is 489 g/mol. The highest BCUT2D eigenvalue weighted by Crippen LogP contribution is 2.41. The Morgan fingerprint density at radius 2 is 1.89 bits per heavy atom. The molecule has 0 N–H and O–H groups in total. The molecule has 3 aromatic rings. The first-order chi connectivity index (χ1) is 16.9. The van der Waals surface area contributed by atoms with Gasteiger partial charge in [-0.25, -0.2) is 17.5 Å². The Labute approximate surface area is 203 Å². The fourth-order valence-corrected chi connectivity index (χ4v) is 6.40. The summed E-state index contributed by atoms with van der Waals surface area (Å²) in [5.74, 6) is -0.654. The van der Waals surface area contributed by atoms with Crippen molar-refractivity contribution >= 4 is 32.9 Å². The van der Waals surface area contributed by atoms with Gasteiger partial charge in [0.05, 0.1) is 17.3 Å². The van der Waals surface area contributed by atoms with E-state index in [9.17, 15) is 18.0 Å². The van der Waals surface area contributed by atoms with Crippen molar-refractivity contribution in [1.29, 1.82) is 0 Å². The lowest BCUT2D eigenvalue weighted by molar-refractivity contribution is -0.122. The minimum atomic E-state index is -4.26. The Morgan fingerprint density at radius 3 is 2.66 bits per heavy atom. The number of aromatic nitrogens is 1. The van der Waals surface area contributed by atoms with E-state index >= 15 is 0 Å². The van der Waals surface area contributed by atoms with E-state index in [1.54, 1.807) is 24.3 Å². The summed E-state index contributed by atoms with van der Waals surface area (Å²) in [4.78, 5) is 32.0. The average molecular weight is 490 g/mol. The number of ether oxygens (including phenoxy) is 1. The van der Waals surface area contributed by atoms with Crippen LogP contribution in [0.3, 0.4) is 0 Å². The number of sulfonamides is 1. The zero-order valence-corrected chi connectivity index (χ0v) is 19.6. The molecule has 5 rings (SSSR count). The summed E-state index contributed by atoms with van der Waals surface area (Å²) >= 11 is 0. The molecule has 1 atom stereocenters. The van der Waals surface area contributed by atoms with Crippen molar-refractivity contribution in [3.05, 3.63) is 96.3 Å². The maximum atomic E-state index is 13.8. The summed E-state index contributed by atoms with van der Waals surface area (Å²) in [5, 5.41) is 0.650. The second-order valence-corrected chi connectivity index (χ2v) is 10.1. The predicted octanol–water partition coefficient (Wildman–Crippen LogP) is 4.01. The van der Waals surface area contributed by atoms with E-state index in [4.69, 9.17) is 4.74 Å². The number of carbonyl (C=O) groups excluding carboxylic acids is 2. The fraction of sp³-hybridized carbons (Fsp3) is 0.192. The van der Waals surface area contributed by atoms with Gasteiger partial charge in [0, 0.05) is 23.7 Å². The molecule has 0 radical (unpaired) electrons.